The van der Waals surface area contributed by atoms with E-state index in [4.69, 9.17) is 20.4 Å². The number of carboxylic acid groups (broad SMARTS) is 4. The molecule has 12 heteroatoms. The van der Waals surface area contributed by atoms with E-state index in [1.54, 1.807) is 12.2 Å². The van der Waals surface area contributed by atoms with Crippen LogP contribution >= 0.6 is 0 Å². The molecule has 0 saturated carbocycles. The highest BCUT2D eigenvalue weighted by Crippen LogP contribution is 1.98. The van der Waals surface area contributed by atoms with Crippen molar-refractivity contribution in [3.05, 3.63) is 49.6 Å². The quantitative estimate of drug-likeness (QED) is 0.134. The first-order valence-corrected chi connectivity index (χ1v) is 9.65. The van der Waals surface area contributed by atoms with E-state index in [-0.39, 0.29) is 47.4 Å². The third-order valence-electron chi connectivity index (χ3n) is 2.71. The Morgan fingerprint density at radius 3 is 1.09 bits per heavy atom. The minimum atomic E-state index is -1.19. The van der Waals surface area contributed by atoms with Crippen molar-refractivity contribution in [1.82, 2.24) is 0 Å². The zero-order chi connectivity index (χ0) is 27.4. The molecule has 0 aliphatic carbocycles. The van der Waals surface area contributed by atoms with Crippen LogP contribution < -0.4 is 10.2 Å². The van der Waals surface area contributed by atoms with Crippen LogP contribution in [0.4, 0.5) is 0 Å². The summed E-state index contributed by atoms with van der Waals surface area (Å²) in [5.41, 5.74) is 0. The molecule has 0 aromatic heterocycles. The first kappa shape index (κ1) is 41.1. The Kier molecular flexibility index (Phi) is 37.5. The molecule has 0 saturated heterocycles. The van der Waals surface area contributed by atoms with E-state index in [0.29, 0.717) is 12.8 Å². The average Bonchev–Trinajstić information content (AvgIpc) is 2.72. The SMILES string of the molecule is C.C=CC=C.O=C(O)CCCCC(=O)O.O=C([O-])CC=CCC(=O)[OH2+].O=C([O-])CC=CCC(=O)[OH2+].[HH]. The summed E-state index contributed by atoms with van der Waals surface area (Å²) >= 11 is 0. The van der Waals surface area contributed by atoms with Crippen molar-refractivity contribution >= 4 is 35.8 Å². The maximum absolute atomic E-state index is 9.94. The van der Waals surface area contributed by atoms with Gasteiger partial charge < -0.3 is 40.2 Å². The molecule has 0 amide bonds. The molecule has 12 nitrogen and oxygen atoms in total. The summed E-state index contributed by atoms with van der Waals surface area (Å²) in [5, 5.41) is 48.6. The molecule has 0 aromatic rings. The van der Waals surface area contributed by atoms with Crippen LogP contribution in [0.5, 0.6) is 0 Å². The van der Waals surface area contributed by atoms with E-state index < -0.39 is 35.8 Å². The van der Waals surface area contributed by atoms with Crippen LogP contribution in [0.15, 0.2) is 49.6 Å². The third-order valence-corrected chi connectivity index (χ3v) is 2.71. The molecule has 0 rings (SSSR count). The van der Waals surface area contributed by atoms with Gasteiger partial charge in [0.2, 0.25) is 0 Å². The Bertz CT molecular complexity index is 616. The van der Waals surface area contributed by atoms with Gasteiger partial charge in [0, 0.05) is 48.6 Å². The second-order valence-corrected chi connectivity index (χ2v) is 5.82. The molecule has 0 spiro atoms. The van der Waals surface area contributed by atoms with Gasteiger partial charge in [0.05, 0.1) is 0 Å². The summed E-state index contributed by atoms with van der Waals surface area (Å²) in [6, 6.07) is 0. The highest BCUT2D eigenvalue weighted by molar-refractivity contribution is 5.70. The van der Waals surface area contributed by atoms with Gasteiger partial charge in [-0.1, -0.05) is 57.0 Å². The molecular formula is C23H38O12. The highest BCUT2D eigenvalue weighted by Gasteiger charge is 2.00. The first-order valence-electron chi connectivity index (χ1n) is 9.65. The Labute approximate surface area is 205 Å². The van der Waals surface area contributed by atoms with Crippen molar-refractivity contribution < 1.29 is 60.8 Å². The Balaban J connectivity index is -0.0000000849. The molecule has 0 atom stereocenters. The summed E-state index contributed by atoms with van der Waals surface area (Å²) in [4.78, 5) is 59.2. The number of carbonyl (C=O) groups is 6. The molecule has 6 N–H and O–H groups in total. The number of hydrogen-bond acceptors (Lipinski definition) is 8. The van der Waals surface area contributed by atoms with Crippen molar-refractivity contribution in [3.63, 3.8) is 0 Å². The summed E-state index contributed by atoms with van der Waals surface area (Å²) in [7, 11) is 0. The third kappa shape index (κ3) is 72.7. The molecule has 0 unspecified atom stereocenters. The fourth-order valence-electron chi connectivity index (χ4n) is 1.29. The molecule has 0 fully saturated rings. The van der Waals surface area contributed by atoms with E-state index in [1.807, 2.05) is 0 Å². The molecule has 0 radical (unpaired) electrons. The summed E-state index contributed by atoms with van der Waals surface area (Å²) in [5.74, 6) is -5.57. The molecule has 0 aliphatic heterocycles. The van der Waals surface area contributed by atoms with Gasteiger partial charge in [-0.05, 0) is 12.8 Å². The number of carboxylic acids is 4. The normalized spacial score (nSPS) is 8.91. The van der Waals surface area contributed by atoms with Crippen molar-refractivity contribution in [3.8, 4) is 0 Å². The van der Waals surface area contributed by atoms with Crippen molar-refractivity contribution in [2.24, 2.45) is 0 Å². The van der Waals surface area contributed by atoms with Crippen molar-refractivity contribution in [2.45, 2.75) is 58.8 Å². The number of carbonyl (C=O) groups excluding carboxylic acids is 4. The fraction of sp³-hybridized carbons (Fsp3) is 0.391. The second kappa shape index (κ2) is 32.0. The summed E-state index contributed by atoms with van der Waals surface area (Å²) in [6.07, 6.45) is 9.09. The van der Waals surface area contributed by atoms with Gasteiger partial charge in [0.15, 0.2) is 0 Å². The number of unbranched alkanes of at least 4 members (excludes halogenated alkanes) is 1. The van der Waals surface area contributed by atoms with Gasteiger partial charge >= 0.3 is 23.9 Å². The van der Waals surface area contributed by atoms with E-state index in [0.717, 1.165) is 0 Å². The van der Waals surface area contributed by atoms with Crippen LogP contribution in [0.3, 0.4) is 0 Å². The van der Waals surface area contributed by atoms with Gasteiger partial charge in [-0.15, -0.1) is 0 Å². The molecule has 0 bridgehead atoms. The van der Waals surface area contributed by atoms with Crippen LogP contribution in [0.25, 0.3) is 0 Å². The fourth-order valence-corrected chi connectivity index (χ4v) is 1.29. The summed E-state index contributed by atoms with van der Waals surface area (Å²) < 4.78 is 0. The molecule has 35 heavy (non-hydrogen) atoms. The molecule has 0 aliphatic rings. The first-order chi connectivity index (χ1) is 15.8. The number of hydrogen-bond donors (Lipinski definition) is 2. The maximum atomic E-state index is 9.94. The molecule has 0 heterocycles. The van der Waals surface area contributed by atoms with E-state index in [1.165, 1.54) is 24.3 Å². The lowest BCUT2D eigenvalue weighted by Crippen LogP contribution is -2.20. The largest absolute Gasteiger partial charge is 0.565 e. The monoisotopic (exact) mass is 506 g/mol. The number of rotatable bonds is 14. The van der Waals surface area contributed by atoms with Crippen molar-refractivity contribution in [2.75, 3.05) is 0 Å². The van der Waals surface area contributed by atoms with Gasteiger partial charge in [0.25, 0.3) is 0 Å². The average molecular weight is 507 g/mol. The van der Waals surface area contributed by atoms with E-state index >= 15 is 0 Å². The predicted molar refractivity (Wildman–Crippen MR) is 127 cm³/mol. The van der Waals surface area contributed by atoms with Crippen LogP contribution in [-0.2, 0) is 28.8 Å². The molecule has 0 aromatic carbocycles. The van der Waals surface area contributed by atoms with Crippen LogP contribution in [0.1, 0.15) is 60.2 Å². The van der Waals surface area contributed by atoms with E-state index in [9.17, 15) is 39.0 Å². The second-order valence-electron chi connectivity index (χ2n) is 5.82. The Morgan fingerprint density at radius 1 is 0.657 bits per heavy atom. The lowest BCUT2D eigenvalue weighted by Gasteiger charge is -1.92. The lowest BCUT2D eigenvalue weighted by atomic mass is 10.2. The van der Waals surface area contributed by atoms with Gasteiger partial charge in [-0.25, -0.2) is 0 Å². The minimum absolute atomic E-state index is 0. The van der Waals surface area contributed by atoms with Crippen LogP contribution in [-0.4, -0.2) is 56.2 Å². The minimum Gasteiger partial charge on any atom is -0.565 e. The van der Waals surface area contributed by atoms with Crippen LogP contribution in [0.2, 0.25) is 0 Å². The Hall–Kier alpha value is -4.22. The molecular weight excluding hydrogens is 468 g/mol. The lowest BCUT2D eigenvalue weighted by molar-refractivity contribution is -0.305. The topological polar surface area (TPSA) is 235 Å². The van der Waals surface area contributed by atoms with E-state index in [2.05, 4.69) is 13.2 Å². The van der Waals surface area contributed by atoms with Crippen LogP contribution in [0, 0.1) is 0 Å². The standard InChI is InChI=1S/C6H10O4.2C6H8O4.C4H6.CH4.H2/c3*7-5(8)3-1-2-4-6(9)10;1-3-4-2;;/h1-4H2,(H,7,8)(H,9,10);2*1-2H,3-4H2,(H,7,8)(H,9,10);3-4H,1-2H2;1H4;1H. The maximum Gasteiger partial charge on any atom is 0.519 e. The Morgan fingerprint density at radius 2 is 0.914 bits per heavy atom. The molecule has 202 valence electrons. The number of aliphatic carboxylic acids is 4. The zero-order valence-corrected chi connectivity index (χ0v) is 18.7. The predicted octanol–water partition coefficient (Wildman–Crippen LogP) is -0.396. The zero-order valence-electron chi connectivity index (χ0n) is 18.7. The van der Waals surface area contributed by atoms with Gasteiger partial charge in [-0.3, -0.25) is 9.59 Å². The number of allylic oxidation sites excluding steroid dienone is 2. The smallest absolute Gasteiger partial charge is 0.519 e. The highest BCUT2D eigenvalue weighted by atomic mass is 16.4. The van der Waals surface area contributed by atoms with Gasteiger partial charge in [0.1, 0.15) is 12.8 Å². The van der Waals surface area contributed by atoms with Crippen molar-refractivity contribution in [1.29, 1.82) is 0 Å². The summed E-state index contributed by atoms with van der Waals surface area (Å²) in [6.45, 7) is 6.72. The van der Waals surface area contributed by atoms with Gasteiger partial charge in [-0.2, -0.15) is 0 Å².